The molecule has 0 aliphatic rings. The zero-order valence-corrected chi connectivity index (χ0v) is 16.4. The Kier molecular flexibility index (Phi) is 7.52. The number of carbonyl (C=O) groups excluding carboxylic acids is 1. The summed E-state index contributed by atoms with van der Waals surface area (Å²) in [7, 11) is 0. The number of benzene rings is 1. The number of nitrogens with one attached hydrogen (secondary N) is 2. The minimum atomic E-state index is -0.329. The first kappa shape index (κ1) is 20.6. The highest BCUT2D eigenvalue weighted by Gasteiger charge is 2.11. The highest BCUT2D eigenvalue weighted by molar-refractivity contribution is 5.76. The number of carbonyl (C=O) groups is 1. The van der Waals surface area contributed by atoms with Crippen LogP contribution in [0.4, 0.5) is 0 Å². The zero-order valence-electron chi connectivity index (χ0n) is 16.4. The lowest BCUT2D eigenvalue weighted by molar-refractivity contribution is -0.121. The van der Waals surface area contributed by atoms with Crippen LogP contribution in [0.2, 0.25) is 0 Å². The van der Waals surface area contributed by atoms with Crippen molar-refractivity contribution in [2.24, 2.45) is 5.92 Å². The van der Waals surface area contributed by atoms with Crippen LogP contribution in [-0.2, 0) is 11.2 Å². The molecule has 0 saturated heterocycles. The Bertz CT molecular complexity index is 817. The fourth-order valence-electron chi connectivity index (χ4n) is 2.33. The molecule has 2 rings (SSSR count). The van der Waals surface area contributed by atoms with E-state index in [-0.39, 0.29) is 36.0 Å². The molecule has 1 aromatic carbocycles. The molecule has 0 aliphatic heterocycles. The average Bonchev–Trinajstić information content (AvgIpc) is 2.65. The number of hydrogen-bond acceptors (Lipinski definition) is 5. The Morgan fingerprint density at radius 3 is 2.70 bits per heavy atom. The molecule has 146 valence electrons. The molecule has 27 heavy (non-hydrogen) atoms. The number of H-pyrrole nitrogens is 1. The Morgan fingerprint density at radius 2 is 2.04 bits per heavy atom. The Morgan fingerprint density at radius 1 is 1.26 bits per heavy atom. The summed E-state index contributed by atoms with van der Waals surface area (Å²) in [6.07, 6.45) is 1.32. The van der Waals surface area contributed by atoms with E-state index in [4.69, 9.17) is 4.74 Å². The fraction of sp³-hybridized carbons (Fsp3) is 0.500. The van der Waals surface area contributed by atoms with Crippen LogP contribution in [-0.4, -0.2) is 33.7 Å². The molecule has 1 aromatic heterocycles. The van der Waals surface area contributed by atoms with Crippen molar-refractivity contribution in [1.82, 2.24) is 20.5 Å². The van der Waals surface area contributed by atoms with Gasteiger partial charge in [-0.15, -0.1) is 10.2 Å². The molecule has 2 aromatic rings. The highest BCUT2D eigenvalue weighted by Crippen LogP contribution is 2.20. The van der Waals surface area contributed by atoms with Crippen molar-refractivity contribution in [1.29, 1.82) is 0 Å². The number of aromatic nitrogens is 3. The molecule has 1 amide bonds. The molecule has 0 aliphatic carbocycles. The standard InChI is InChI=1S/C20H28N4O3/c1-5-14(4)21-18(25)10-9-17-20(26)22-19(24-23-17)15-7-6-8-16(11-15)27-12-13(2)3/h6-8,11,13-14H,5,9-10,12H2,1-4H3,(H,21,25)(H,22,24,26). The third-order valence-corrected chi connectivity index (χ3v) is 4.06. The van der Waals surface area contributed by atoms with Gasteiger partial charge in [0.05, 0.1) is 6.61 Å². The van der Waals surface area contributed by atoms with Gasteiger partial charge in [-0.3, -0.25) is 9.59 Å². The third-order valence-electron chi connectivity index (χ3n) is 4.06. The minimum Gasteiger partial charge on any atom is -0.493 e. The van der Waals surface area contributed by atoms with E-state index >= 15 is 0 Å². The van der Waals surface area contributed by atoms with Crippen molar-refractivity contribution in [2.45, 2.75) is 53.0 Å². The molecule has 7 nitrogen and oxygen atoms in total. The van der Waals surface area contributed by atoms with E-state index in [2.05, 4.69) is 34.3 Å². The second kappa shape index (κ2) is 9.85. The number of rotatable bonds is 9. The van der Waals surface area contributed by atoms with Gasteiger partial charge in [-0.05, 0) is 31.4 Å². The average molecular weight is 372 g/mol. The molecular weight excluding hydrogens is 344 g/mol. The van der Waals surface area contributed by atoms with Crippen molar-refractivity contribution < 1.29 is 9.53 Å². The normalized spacial score (nSPS) is 12.0. The molecule has 0 radical (unpaired) electrons. The van der Waals surface area contributed by atoms with Gasteiger partial charge in [-0.25, -0.2) is 0 Å². The monoisotopic (exact) mass is 372 g/mol. The van der Waals surface area contributed by atoms with Gasteiger partial charge >= 0.3 is 0 Å². The zero-order chi connectivity index (χ0) is 19.8. The van der Waals surface area contributed by atoms with Crippen LogP contribution in [0.15, 0.2) is 29.1 Å². The van der Waals surface area contributed by atoms with Gasteiger partial charge in [-0.2, -0.15) is 0 Å². The lowest BCUT2D eigenvalue weighted by Crippen LogP contribution is -2.32. The summed E-state index contributed by atoms with van der Waals surface area (Å²) >= 11 is 0. The first-order chi connectivity index (χ1) is 12.9. The van der Waals surface area contributed by atoms with Crippen LogP contribution in [0.5, 0.6) is 5.75 Å². The summed E-state index contributed by atoms with van der Waals surface area (Å²) in [5.74, 6) is 1.42. The minimum absolute atomic E-state index is 0.0929. The first-order valence-corrected chi connectivity index (χ1v) is 9.37. The van der Waals surface area contributed by atoms with Crippen LogP contribution in [0, 0.1) is 5.92 Å². The van der Waals surface area contributed by atoms with Crippen LogP contribution in [0.25, 0.3) is 11.4 Å². The summed E-state index contributed by atoms with van der Waals surface area (Å²) < 4.78 is 5.70. The molecule has 0 bridgehead atoms. The molecule has 0 fully saturated rings. The van der Waals surface area contributed by atoms with E-state index in [0.29, 0.717) is 18.3 Å². The quantitative estimate of drug-likeness (QED) is 0.705. The maximum atomic E-state index is 12.3. The number of hydrogen-bond donors (Lipinski definition) is 2. The Hall–Kier alpha value is -2.70. The maximum Gasteiger partial charge on any atom is 0.273 e. The Labute approximate surface area is 159 Å². The van der Waals surface area contributed by atoms with Gasteiger partial charge in [-0.1, -0.05) is 32.9 Å². The summed E-state index contributed by atoms with van der Waals surface area (Å²) in [6.45, 7) is 8.72. The van der Waals surface area contributed by atoms with Crippen molar-refractivity contribution in [3.8, 4) is 17.1 Å². The van der Waals surface area contributed by atoms with E-state index in [1.165, 1.54) is 0 Å². The summed E-state index contributed by atoms with van der Waals surface area (Å²) in [6, 6.07) is 7.48. The molecule has 7 heteroatoms. The molecule has 2 N–H and O–H groups in total. The van der Waals surface area contributed by atoms with Gasteiger partial charge in [0, 0.05) is 24.4 Å². The molecule has 1 heterocycles. The SMILES string of the molecule is CCC(C)NC(=O)CCc1nnc(-c2cccc(OCC(C)C)c2)[nH]c1=O. The lowest BCUT2D eigenvalue weighted by atomic mass is 10.2. The van der Waals surface area contributed by atoms with Gasteiger partial charge in [0.25, 0.3) is 5.56 Å². The van der Waals surface area contributed by atoms with E-state index in [1.807, 2.05) is 38.1 Å². The van der Waals surface area contributed by atoms with Crippen LogP contribution in [0.3, 0.4) is 0 Å². The van der Waals surface area contributed by atoms with Crippen molar-refractivity contribution in [2.75, 3.05) is 6.61 Å². The van der Waals surface area contributed by atoms with Crippen LogP contribution >= 0.6 is 0 Å². The highest BCUT2D eigenvalue weighted by atomic mass is 16.5. The lowest BCUT2D eigenvalue weighted by Gasteiger charge is -2.11. The smallest absolute Gasteiger partial charge is 0.273 e. The number of nitrogens with zero attached hydrogens (tertiary/aromatic N) is 2. The maximum absolute atomic E-state index is 12.3. The van der Waals surface area contributed by atoms with Crippen molar-refractivity contribution >= 4 is 5.91 Å². The van der Waals surface area contributed by atoms with E-state index in [9.17, 15) is 9.59 Å². The summed E-state index contributed by atoms with van der Waals surface area (Å²) in [5.41, 5.74) is 0.650. The van der Waals surface area contributed by atoms with Gasteiger partial charge in [0.1, 0.15) is 11.4 Å². The van der Waals surface area contributed by atoms with Gasteiger partial charge < -0.3 is 15.0 Å². The van der Waals surface area contributed by atoms with E-state index in [1.54, 1.807) is 0 Å². The second-order valence-corrected chi connectivity index (χ2v) is 7.06. The molecule has 1 atom stereocenters. The number of aryl methyl sites for hydroxylation is 1. The van der Waals surface area contributed by atoms with E-state index < -0.39 is 0 Å². The molecular formula is C20H28N4O3. The Balaban J connectivity index is 2.05. The molecule has 1 unspecified atom stereocenters. The topological polar surface area (TPSA) is 97.0 Å². The van der Waals surface area contributed by atoms with Crippen LogP contribution < -0.4 is 15.6 Å². The number of ether oxygens (including phenoxy) is 1. The summed E-state index contributed by atoms with van der Waals surface area (Å²) in [4.78, 5) is 26.9. The fourth-order valence-corrected chi connectivity index (χ4v) is 2.33. The van der Waals surface area contributed by atoms with E-state index in [0.717, 1.165) is 17.7 Å². The first-order valence-electron chi connectivity index (χ1n) is 9.37. The number of amides is 1. The third kappa shape index (κ3) is 6.51. The predicted molar refractivity (Wildman–Crippen MR) is 105 cm³/mol. The second-order valence-electron chi connectivity index (χ2n) is 7.06. The van der Waals surface area contributed by atoms with Crippen molar-refractivity contribution in [3.63, 3.8) is 0 Å². The van der Waals surface area contributed by atoms with Gasteiger partial charge in [0.15, 0.2) is 5.82 Å². The van der Waals surface area contributed by atoms with Crippen molar-refractivity contribution in [3.05, 3.63) is 40.3 Å². The predicted octanol–water partition coefficient (Wildman–Crippen LogP) is 2.71. The molecule has 0 spiro atoms. The summed E-state index contributed by atoms with van der Waals surface area (Å²) in [5, 5.41) is 11.0. The van der Waals surface area contributed by atoms with Gasteiger partial charge in [0.2, 0.25) is 5.91 Å². The molecule has 0 saturated carbocycles. The van der Waals surface area contributed by atoms with Crippen LogP contribution in [0.1, 0.15) is 46.2 Å². The number of aromatic amines is 1. The largest absolute Gasteiger partial charge is 0.493 e.